The van der Waals surface area contributed by atoms with Crippen molar-refractivity contribution in [3.8, 4) is 11.5 Å². The number of amides is 1. The quantitative estimate of drug-likeness (QED) is 0.813. The summed E-state index contributed by atoms with van der Waals surface area (Å²) in [6, 6.07) is 6.43. The largest absolute Gasteiger partial charge is 0.487 e. The number of carbonyl (C=O) groups excluding carboxylic acids is 1. The molecular weight excluding hydrogens is 220 g/mol. The fourth-order valence-corrected chi connectivity index (χ4v) is 1.70. The zero-order valence-corrected chi connectivity index (χ0v) is 9.90. The second kappa shape index (κ2) is 4.53. The molecule has 0 spiro atoms. The van der Waals surface area contributed by atoms with E-state index in [2.05, 4.69) is 6.07 Å². The molecule has 0 bridgehead atoms. The Bertz CT molecular complexity index is 432. The first-order chi connectivity index (χ1) is 8.09. The van der Waals surface area contributed by atoms with Crippen molar-refractivity contribution in [3.63, 3.8) is 0 Å². The Balaban J connectivity index is 2.37. The highest BCUT2D eigenvalue weighted by Gasteiger charge is 2.24. The van der Waals surface area contributed by atoms with Crippen molar-refractivity contribution in [1.82, 2.24) is 0 Å². The molecule has 1 amide bonds. The highest BCUT2D eigenvalue weighted by molar-refractivity contribution is 5.79. The molecule has 1 unspecified atom stereocenters. The van der Waals surface area contributed by atoms with E-state index in [1.54, 1.807) is 6.07 Å². The van der Waals surface area contributed by atoms with Gasteiger partial charge in [0.25, 0.3) is 5.91 Å². The second-order valence-corrected chi connectivity index (χ2v) is 4.07. The average molecular weight is 235 g/mol. The summed E-state index contributed by atoms with van der Waals surface area (Å²) in [4.78, 5) is 13.1. The van der Waals surface area contributed by atoms with E-state index in [4.69, 9.17) is 15.2 Å². The van der Waals surface area contributed by atoms with Gasteiger partial charge in [-0.25, -0.2) is 0 Å². The summed E-state index contributed by atoms with van der Waals surface area (Å²) >= 11 is 0. The minimum Gasteiger partial charge on any atom is -0.487 e. The lowest BCUT2D eigenvalue weighted by Crippen LogP contribution is -2.33. The summed E-state index contributed by atoms with van der Waals surface area (Å²) in [5, 5.41) is 0. The third-order valence-corrected chi connectivity index (χ3v) is 2.59. The summed E-state index contributed by atoms with van der Waals surface area (Å²) in [6.45, 7) is 0.408. The van der Waals surface area contributed by atoms with Gasteiger partial charge in [0.05, 0.1) is 12.3 Å². The van der Waals surface area contributed by atoms with Crippen LogP contribution in [-0.2, 0) is 4.79 Å². The van der Waals surface area contributed by atoms with E-state index in [0.717, 1.165) is 5.69 Å². The maximum absolute atomic E-state index is 11.2. The molecule has 1 aliphatic heterocycles. The Kier molecular flexibility index (Phi) is 3.08. The normalized spacial score (nSPS) is 18.4. The lowest BCUT2D eigenvalue weighted by molar-refractivity contribution is -0.124. The molecule has 2 rings (SSSR count). The zero-order chi connectivity index (χ0) is 12.4. The summed E-state index contributed by atoms with van der Waals surface area (Å²) in [6.07, 6.45) is -0.182. The number of benzene rings is 1. The van der Waals surface area contributed by atoms with E-state index >= 15 is 0 Å². The van der Waals surface area contributed by atoms with Gasteiger partial charge in [-0.05, 0) is 18.2 Å². The molecule has 0 saturated heterocycles. The van der Waals surface area contributed by atoms with Crippen LogP contribution in [0.5, 0.6) is 11.5 Å². The van der Waals surface area contributed by atoms with Gasteiger partial charge >= 0.3 is 0 Å². The highest BCUT2D eigenvalue weighted by atomic mass is 16.5. The van der Waals surface area contributed by atoms with Gasteiger partial charge < -0.3 is 20.1 Å². The van der Waals surface area contributed by atoms with Crippen molar-refractivity contribution in [1.29, 1.82) is 0 Å². The minimum absolute atomic E-state index is 0.408. The minimum atomic E-state index is -0.637. The molecule has 1 aromatic carbocycles. The summed E-state index contributed by atoms with van der Waals surface area (Å²) in [7, 11) is 3.81. The Morgan fingerprint density at radius 3 is 2.94 bits per heavy atom. The molecule has 0 saturated carbocycles. The molecule has 1 heterocycles. The van der Waals surface area contributed by atoms with Gasteiger partial charge in [0.1, 0.15) is 0 Å². The molecular formula is C12H15N2O3. The third kappa shape index (κ3) is 2.27. The van der Waals surface area contributed by atoms with Crippen molar-refractivity contribution < 1.29 is 14.3 Å². The highest BCUT2D eigenvalue weighted by Crippen LogP contribution is 2.38. The van der Waals surface area contributed by atoms with Crippen LogP contribution in [-0.4, -0.2) is 32.7 Å². The molecule has 1 atom stereocenters. The molecule has 2 N–H and O–H groups in total. The second-order valence-electron chi connectivity index (χ2n) is 4.07. The molecule has 1 aromatic rings. The fraction of sp³-hybridized carbons (Fsp3) is 0.417. The topological polar surface area (TPSA) is 64.8 Å². The molecule has 0 aliphatic carbocycles. The average Bonchev–Trinajstić information content (AvgIpc) is 2.49. The number of rotatable bonds is 2. The van der Waals surface area contributed by atoms with Crippen LogP contribution in [0.1, 0.15) is 6.42 Å². The standard InChI is InChI=1S/C12H15N2O3/c1-14(2)8-4-3-5-9-11(8)16-7-6-10(17-9)12(13)15/h4-5,10H,6-7H2,1-2H3,(H2,13,15). The van der Waals surface area contributed by atoms with Crippen molar-refractivity contribution in [2.24, 2.45) is 5.73 Å². The summed E-state index contributed by atoms with van der Waals surface area (Å²) in [5.41, 5.74) is 6.12. The van der Waals surface area contributed by atoms with Gasteiger partial charge in [-0.1, -0.05) is 0 Å². The number of ether oxygens (including phenoxy) is 2. The Labute approximate surface area is 100 Å². The van der Waals surface area contributed by atoms with Gasteiger partial charge in [0.2, 0.25) is 0 Å². The number of nitrogens with zero attached hydrogens (tertiary/aromatic N) is 1. The van der Waals surface area contributed by atoms with Crippen molar-refractivity contribution >= 4 is 11.6 Å². The molecule has 0 fully saturated rings. The smallest absolute Gasteiger partial charge is 0.258 e. The van der Waals surface area contributed by atoms with E-state index < -0.39 is 12.0 Å². The number of primary amides is 1. The van der Waals surface area contributed by atoms with Crippen LogP contribution < -0.4 is 20.1 Å². The van der Waals surface area contributed by atoms with Crippen LogP contribution in [0.3, 0.4) is 0 Å². The lowest BCUT2D eigenvalue weighted by atomic mass is 10.2. The number of fused-ring (bicyclic) bond motifs is 1. The number of carbonyl (C=O) groups is 1. The predicted octanol–water partition coefficient (Wildman–Crippen LogP) is 0.568. The predicted molar refractivity (Wildman–Crippen MR) is 63.3 cm³/mol. The Hall–Kier alpha value is -1.91. The van der Waals surface area contributed by atoms with Crippen molar-refractivity contribution in [3.05, 3.63) is 18.2 Å². The molecule has 1 radical (unpaired) electrons. The molecule has 0 aromatic heterocycles. The van der Waals surface area contributed by atoms with Gasteiger partial charge in [-0.3, -0.25) is 4.79 Å². The van der Waals surface area contributed by atoms with Crippen LogP contribution in [0.2, 0.25) is 0 Å². The van der Waals surface area contributed by atoms with E-state index in [1.807, 2.05) is 25.1 Å². The number of hydrogen-bond donors (Lipinski definition) is 1. The van der Waals surface area contributed by atoms with Gasteiger partial charge in [-0.15, -0.1) is 0 Å². The SMILES string of the molecule is CN(C)c1c[c]cc2c1OCCC(C(N)=O)O2. The third-order valence-electron chi connectivity index (χ3n) is 2.59. The lowest BCUT2D eigenvalue weighted by Gasteiger charge is -2.18. The number of hydrogen-bond acceptors (Lipinski definition) is 4. The van der Waals surface area contributed by atoms with Crippen LogP contribution in [0, 0.1) is 6.07 Å². The Morgan fingerprint density at radius 1 is 1.53 bits per heavy atom. The maximum atomic E-state index is 11.2. The van der Waals surface area contributed by atoms with E-state index in [9.17, 15) is 4.79 Å². The first kappa shape index (κ1) is 11.6. The van der Waals surface area contributed by atoms with Crippen LogP contribution in [0.25, 0.3) is 0 Å². The number of nitrogens with two attached hydrogens (primary N) is 1. The van der Waals surface area contributed by atoms with Crippen molar-refractivity contribution in [2.45, 2.75) is 12.5 Å². The summed E-state index contributed by atoms with van der Waals surface area (Å²) < 4.78 is 11.2. The first-order valence-corrected chi connectivity index (χ1v) is 5.40. The van der Waals surface area contributed by atoms with Gasteiger partial charge in [0.15, 0.2) is 17.6 Å². The van der Waals surface area contributed by atoms with E-state index in [1.165, 1.54) is 0 Å². The fourth-order valence-electron chi connectivity index (χ4n) is 1.70. The zero-order valence-electron chi connectivity index (χ0n) is 9.90. The van der Waals surface area contributed by atoms with Gasteiger partial charge in [-0.2, -0.15) is 0 Å². The van der Waals surface area contributed by atoms with Crippen LogP contribution in [0.4, 0.5) is 5.69 Å². The maximum Gasteiger partial charge on any atom is 0.258 e. The monoisotopic (exact) mass is 235 g/mol. The Morgan fingerprint density at radius 2 is 2.29 bits per heavy atom. The number of anilines is 1. The molecule has 17 heavy (non-hydrogen) atoms. The van der Waals surface area contributed by atoms with E-state index in [-0.39, 0.29) is 0 Å². The van der Waals surface area contributed by atoms with Crippen LogP contribution in [0.15, 0.2) is 12.1 Å². The molecule has 5 heteroatoms. The summed E-state index contributed by atoms with van der Waals surface area (Å²) in [5.74, 6) is 0.673. The first-order valence-electron chi connectivity index (χ1n) is 5.40. The molecule has 91 valence electrons. The van der Waals surface area contributed by atoms with Crippen molar-refractivity contribution in [2.75, 3.05) is 25.6 Å². The van der Waals surface area contributed by atoms with Gasteiger partial charge in [0, 0.05) is 20.5 Å². The van der Waals surface area contributed by atoms with Crippen LogP contribution >= 0.6 is 0 Å². The molecule has 5 nitrogen and oxygen atoms in total. The van der Waals surface area contributed by atoms with E-state index in [0.29, 0.717) is 24.5 Å². The molecule has 1 aliphatic rings.